The maximum absolute atomic E-state index is 13.0. The predicted octanol–water partition coefficient (Wildman–Crippen LogP) is 3.57. The van der Waals surface area contributed by atoms with Gasteiger partial charge >= 0.3 is 0 Å². The highest BCUT2D eigenvalue weighted by atomic mass is 19.1. The summed E-state index contributed by atoms with van der Waals surface area (Å²) in [4.78, 5) is 0. The first-order valence-corrected chi connectivity index (χ1v) is 6.35. The van der Waals surface area contributed by atoms with Crippen LogP contribution in [0.2, 0.25) is 0 Å². The van der Waals surface area contributed by atoms with E-state index in [2.05, 4.69) is 0 Å². The van der Waals surface area contributed by atoms with Crippen LogP contribution in [-0.2, 0) is 5.60 Å². The Morgan fingerprint density at radius 2 is 1.68 bits per heavy atom. The van der Waals surface area contributed by atoms with E-state index in [-0.39, 0.29) is 11.6 Å². The van der Waals surface area contributed by atoms with Crippen LogP contribution in [0.4, 0.5) is 4.39 Å². The molecule has 100 valence electrons. The molecular weight excluding hydrogens is 243 g/mol. The third kappa shape index (κ3) is 2.61. The standard InChI is InChI=1S/C16H17FO2/c1-2-11-16(19,12-7-9-13(17)10-8-12)14-5-3-4-6-15(14)18/h3-10,18-19H,2,11H2,1H3. The van der Waals surface area contributed by atoms with E-state index in [1.807, 2.05) is 6.92 Å². The van der Waals surface area contributed by atoms with Crippen molar-refractivity contribution >= 4 is 0 Å². The minimum Gasteiger partial charge on any atom is -0.508 e. The largest absolute Gasteiger partial charge is 0.508 e. The molecule has 1 atom stereocenters. The molecule has 2 nitrogen and oxygen atoms in total. The molecule has 2 N–H and O–H groups in total. The summed E-state index contributed by atoms with van der Waals surface area (Å²) in [5, 5.41) is 20.9. The van der Waals surface area contributed by atoms with Crippen LogP contribution in [0.1, 0.15) is 30.9 Å². The molecule has 0 spiro atoms. The van der Waals surface area contributed by atoms with Gasteiger partial charge in [0.25, 0.3) is 0 Å². The molecule has 2 rings (SSSR count). The lowest BCUT2D eigenvalue weighted by Crippen LogP contribution is -2.27. The molecule has 0 aromatic heterocycles. The highest BCUT2D eigenvalue weighted by Crippen LogP contribution is 2.38. The Morgan fingerprint density at radius 3 is 2.26 bits per heavy atom. The summed E-state index contributed by atoms with van der Waals surface area (Å²) in [6.07, 6.45) is 1.19. The number of hydrogen-bond acceptors (Lipinski definition) is 2. The smallest absolute Gasteiger partial charge is 0.123 e. The molecule has 0 amide bonds. The fourth-order valence-electron chi connectivity index (χ4n) is 2.35. The molecule has 0 aliphatic carbocycles. The van der Waals surface area contributed by atoms with E-state index in [0.717, 1.165) is 6.42 Å². The van der Waals surface area contributed by atoms with E-state index in [1.165, 1.54) is 12.1 Å². The van der Waals surface area contributed by atoms with Crippen molar-refractivity contribution in [2.45, 2.75) is 25.4 Å². The van der Waals surface area contributed by atoms with Gasteiger partial charge in [-0.25, -0.2) is 4.39 Å². The Morgan fingerprint density at radius 1 is 1.05 bits per heavy atom. The second-order valence-electron chi connectivity index (χ2n) is 4.63. The van der Waals surface area contributed by atoms with E-state index in [0.29, 0.717) is 17.5 Å². The summed E-state index contributed by atoms with van der Waals surface area (Å²) in [6, 6.07) is 12.4. The van der Waals surface area contributed by atoms with Gasteiger partial charge in [-0.15, -0.1) is 0 Å². The number of para-hydroxylation sites is 1. The van der Waals surface area contributed by atoms with Crippen LogP contribution in [0, 0.1) is 5.82 Å². The van der Waals surface area contributed by atoms with Crippen LogP contribution in [-0.4, -0.2) is 10.2 Å². The number of phenols is 1. The van der Waals surface area contributed by atoms with Gasteiger partial charge in [0.15, 0.2) is 0 Å². The average molecular weight is 260 g/mol. The molecule has 2 aromatic rings. The number of rotatable bonds is 4. The van der Waals surface area contributed by atoms with Crippen LogP contribution >= 0.6 is 0 Å². The molecular formula is C16H17FO2. The molecule has 0 saturated carbocycles. The van der Waals surface area contributed by atoms with Gasteiger partial charge in [0.1, 0.15) is 17.2 Å². The van der Waals surface area contributed by atoms with E-state index < -0.39 is 5.60 Å². The molecule has 19 heavy (non-hydrogen) atoms. The van der Waals surface area contributed by atoms with Crippen molar-refractivity contribution in [2.24, 2.45) is 0 Å². The molecule has 2 aromatic carbocycles. The highest BCUT2D eigenvalue weighted by Gasteiger charge is 2.32. The molecule has 0 radical (unpaired) electrons. The monoisotopic (exact) mass is 260 g/mol. The Labute approximate surface area is 112 Å². The van der Waals surface area contributed by atoms with Gasteiger partial charge in [-0.05, 0) is 30.2 Å². The lowest BCUT2D eigenvalue weighted by atomic mass is 9.82. The predicted molar refractivity (Wildman–Crippen MR) is 72.4 cm³/mol. The lowest BCUT2D eigenvalue weighted by molar-refractivity contribution is 0.0675. The summed E-state index contributed by atoms with van der Waals surface area (Å²) in [5.41, 5.74) is -0.269. The number of phenolic OH excluding ortho intramolecular Hbond substituents is 1. The van der Waals surface area contributed by atoms with Crippen molar-refractivity contribution in [3.63, 3.8) is 0 Å². The van der Waals surface area contributed by atoms with Gasteiger partial charge in [-0.3, -0.25) is 0 Å². The number of hydrogen-bond donors (Lipinski definition) is 2. The van der Waals surface area contributed by atoms with Crippen molar-refractivity contribution in [3.8, 4) is 5.75 Å². The maximum atomic E-state index is 13.0. The van der Waals surface area contributed by atoms with Crippen LogP contribution in [0.15, 0.2) is 48.5 Å². The fraction of sp³-hybridized carbons (Fsp3) is 0.250. The summed E-state index contributed by atoms with van der Waals surface area (Å²) >= 11 is 0. The van der Waals surface area contributed by atoms with Gasteiger partial charge in [-0.2, -0.15) is 0 Å². The fourth-order valence-corrected chi connectivity index (χ4v) is 2.35. The Kier molecular flexibility index (Phi) is 3.86. The highest BCUT2D eigenvalue weighted by molar-refractivity contribution is 5.43. The summed E-state index contributed by atoms with van der Waals surface area (Å²) in [6.45, 7) is 1.95. The quantitative estimate of drug-likeness (QED) is 0.882. The average Bonchev–Trinajstić information content (AvgIpc) is 2.40. The van der Waals surface area contributed by atoms with Crippen LogP contribution < -0.4 is 0 Å². The zero-order valence-electron chi connectivity index (χ0n) is 10.8. The summed E-state index contributed by atoms with van der Waals surface area (Å²) in [5.74, 6) is -0.303. The number of benzene rings is 2. The molecule has 3 heteroatoms. The second-order valence-corrected chi connectivity index (χ2v) is 4.63. The SMILES string of the molecule is CCCC(O)(c1ccc(F)cc1)c1ccccc1O. The molecule has 1 unspecified atom stereocenters. The molecule has 0 aliphatic heterocycles. The molecule has 0 bridgehead atoms. The molecule has 0 heterocycles. The van der Waals surface area contributed by atoms with E-state index in [4.69, 9.17) is 0 Å². The van der Waals surface area contributed by atoms with Gasteiger partial charge < -0.3 is 10.2 Å². The van der Waals surface area contributed by atoms with Crippen LogP contribution in [0.3, 0.4) is 0 Å². The molecule has 0 aliphatic rings. The first-order chi connectivity index (χ1) is 9.08. The third-order valence-electron chi connectivity index (χ3n) is 3.28. The zero-order valence-corrected chi connectivity index (χ0v) is 10.8. The van der Waals surface area contributed by atoms with Gasteiger partial charge in [0, 0.05) is 5.56 Å². The number of aliphatic hydroxyl groups is 1. The number of halogens is 1. The number of aromatic hydroxyl groups is 1. The zero-order chi connectivity index (χ0) is 13.9. The first kappa shape index (κ1) is 13.6. The lowest BCUT2D eigenvalue weighted by Gasteiger charge is -2.29. The normalized spacial score (nSPS) is 14.1. The van der Waals surface area contributed by atoms with E-state index in [1.54, 1.807) is 36.4 Å². The van der Waals surface area contributed by atoms with Crippen molar-refractivity contribution in [3.05, 3.63) is 65.5 Å². The van der Waals surface area contributed by atoms with E-state index >= 15 is 0 Å². The van der Waals surface area contributed by atoms with Gasteiger partial charge in [-0.1, -0.05) is 43.7 Å². The van der Waals surface area contributed by atoms with Crippen LogP contribution in [0.5, 0.6) is 5.75 Å². The van der Waals surface area contributed by atoms with E-state index in [9.17, 15) is 14.6 Å². The Hall–Kier alpha value is -1.87. The van der Waals surface area contributed by atoms with Gasteiger partial charge in [0.05, 0.1) is 0 Å². The summed E-state index contributed by atoms with van der Waals surface area (Å²) in [7, 11) is 0. The second kappa shape index (κ2) is 5.41. The van der Waals surface area contributed by atoms with Gasteiger partial charge in [0.2, 0.25) is 0 Å². The van der Waals surface area contributed by atoms with Crippen molar-refractivity contribution in [1.82, 2.24) is 0 Å². The van der Waals surface area contributed by atoms with Crippen molar-refractivity contribution in [1.29, 1.82) is 0 Å². The third-order valence-corrected chi connectivity index (χ3v) is 3.28. The Balaban J connectivity index is 2.54. The van der Waals surface area contributed by atoms with Crippen molar-refractivity contribution < 1.29 is 14.6 Å². The topological polar surface area (TPSA) is 40.5 Å². The van der Waals surface area contributed by atoms with Crippen LogP contribution in [0.25, 0.3) is 0 Å². The van der Waals surface area contributed by atoms with Crippen molar-refractivity contribution in [2.75, 3.05) is 0 Å². The Bertz CT molecular complexity index is 551. The summed E-state index contributed by atoms with van der Waals surface area (Å²) < 4.78 is 13.0. The molecule has 0 saturated heterocycles. The minimum atomic E-state index is -1.30. The molecule has 0 fully saturated rings. The first-order valence-electron chi connectivity index (χ1n) is 6.35. The minimum absolute atomic E-state index is 0.0442. The maximum Gasteiger partial charge on any atom is 0.123 e.